The summed E-state index contributed by atoms with van der Waals surface area (Å²) in [5.74, 6) is -1.26. The number of carbonyl (C=O) groups excluding carboxylic acids is 1. The normalized spacial score (nSPS) is 24.1. The largest absolute Gasteiger partial charge is 0.398 e. The van der Waals surface area contributed by atoms with Gasteiger partial charge in [-0.05, 0) is 67.9 Å². The number of nitrogens with zero attached hydrogens (tertiary/aromatic N) is 1. The number of nitrogens with one attached hydrogen (secondary N) is 1. The van der Waals surface area contributed by atoms with Crippen molar-refractivity contribution in [2.75, 3.05) is 33.4 Å². The smallest absolute Gasteiger partial charge is 0.251 e. The Kier molecular flexibility index (Phi) is 10.7. The Bertz CT molecular complexity index is 930. The van der Waals surface area contributed by atoms with Gasteiger partial charge in [-0.2, -0.15) is 0 Å². The van der Waals surface area contributed by atoms with E-state index in [1.165, 1.54) is 50.6 Å². The predicted octanol–water partition coefficient (Wildman–Crippen LogP) is 1.66. The van der Waals surface area contributed by atoms with Gasteiger partial charge in [0.15, 0.2) is 0 Å². The van der Waals surface area contributed by atoms with Gasteiger partial charge in [0.05, 0.1) is 18.3 Å². The summed E-state index contributed by atoms with van der Waals surface area (Å²) in [7, 11) is 1.46. The zero-order valence-corrected chi connectivity index (χ0v) is 20.3. The van der Waals surface area contributed by atoms with Crippen LogP contribution in [0.25, 0.3) is 5.70 Å². The van der Waals surface area contributed by atoms with Gasteiger partial charge in [0.1, 0.15) is 5.82 Å². The Morgan fingerprint density at radius 1 is 1.08 bits per heavy atom. The molecule has 9 nitrogen and oxygen atoms in total. The molecule has 0 spiro atoms. The highest BCUT2D eigenvalue weighted by Crippen LogP contribution is 2.41. The lowest BCUT2D eigenvalue weighted by molar-refractivity contribution is -0.304. The highest BCUT2D eigenvalue weighted by molar-refractivity contribution is 5.94. The number of hydrogen-bond donors (Lipinski definition) is 6. The van der Waals surface area contributed by atoms with E-state index >= 15 is 0 Å². The first-order valence-electron chi connectivity index (χ1n) is 12.1. The number of hydrogen-bond acceptors (Lipinski definition) is 8. The molecule has 3 unspecified atom stereocenters. The summed E-state index contributed by atoms with van der Waals surface area (Å²) in [5.41, 5.74) is 17.1. The zero-order valence-electron chi connectivity index (χ0n) is 20.3. The topological polar surface area (TPSA) is 160 Å². The number of nitrogens with two attached hydrogens (primary N) is 3. The lowest BCUT2D eigenvalue weighted by Crippen LogP contribution is -2.55. The summed E-state index contributed by atoms with van der Waals surface area (Å²) >= 11 is 0. The average molecular weight is 508 g/mol. The molecule has 9 N–H and O–H groups in total. The number of benzene rings is 1. The number of carbonyl (C=O) groups is 1. The molecule has 4 rings (SSSR count). The number of halogens is 1. The third-order valence-corrected chi connectivity index (χ3v) is 7.08. The van der Waals surface area contributed by atoms with Crippen molar-refractivity contribution < 1.29 is 24.1 Å². The van der Waals surface area contributed by atoms with E-state index in [2.05, 4.69) is 5.32 Å². The van der Waals surface area contributed by atoms with E-state index in [4.69, 9.17) is 21.9 Å². The molecule has 10 heteroatoms. The minimum absolute atomic E-state index is 0. The molecule has 2 aliphatic heterocycles. The van der Waals surface area contributed by atoms with Gasteiger partial charge < -0.3 is 37.5 Å². The highest BCUT2D eigenvalue weighted by Gasteiger charge is 2.48. The molecule has 2 saturated heterocycles. The van der Waals surface area contributed by atoms with Crippen molar-refractivity contribution in [1.82, 2.24) is 10.2 Å². The van der Waals surface area contributed by atoms with Crippen LogP contribution in [0.5, 0.6) is 0 Å². The number of ether oxygens (including phenoxy) is 1. The molecule has 3 aliphatic rings. The van der Waals surface area contributed by atoms with Crippen LogP contribution >= 0.6 is 0 Å². The van der Waals surface area contributed by atoms with E-state index < -0.39 is 17.6 Å². The van der Waals surface area contributed by atoms with Crippen LogP contribution in [0.1, 0.15) is 55.5 Å². The molecule has 1 aromatic rings. The maximum Gasteiger partial charge on any atom is 0.251 e. The van der Waals surface area contributed by atoms with Crippen LogP contribution < -0.4 is 22.5 Å². The maximum atomic E-state index is 13.4. The van der Waals surface area contributed by atoms with E-state index in [1.54, 1.807) is 0 Å². The van der Waals surface area contributed by atoms with Crippen molar-refractivity contribution in [3.05, 3.63) is 53.1 Å². The van der Waals surface area contributed by atoms with Crippen LogP contribution in [0.15, 0.2) is 36.2 Å². The molecule has 0 bridgehead atoms. The van der Waals surface area contributed by atoms with Crippen LogP contribution in [0, 0.1) is 23.6 Å². The van der Waals surface area contributed by atoms with E-state index in [0.29, 0.717) is 24.0 Å². The zero-order chi connectivity index (χ0) is 25.6. The highest BCUT2D eigenvalue weighted by atomic mass is 19.1. The van der Waals surface area contributed by atoms with Gasteiger partial charge in [-0.1, -0.05) is 13.8 Å². The van der Waals surface area contributed by atoms with Gasteiger partial charge in [-0.25, -0.2) is 4.39 Å². The molecule has 1 aromatic carbocycles. The predicted molar refractivity (Wildman–Crippen MR) is 138 cm³/mol. The molecule has 1 saturated carbocycles. The Labute approximate surface area is 213 Å². The van der Waals surface area contributed by atoms with E-state index in [-0.39, 0.29) is 30.4 Å². The van der Waals surface area contributed by atoms with Crippen LogP contribution in [0.4, 0.5) is 4.39 Å². The number of amides is 1. The first kappa shape index (κ1) is 29.6. The van der Waals surface area contributed by atoms with E-state index in [0.717, 1.165) is 38.6 Å². The first-order chi connectivity index (χ1) is 16.6. The van der Waals surface area contributed by atoms with Crippen LogP contribution in [0.2, 0.25) is 0 Å². The molecule has 0 aromatic heterocycles. The Morgan fingerprint density at radius 3 is 2.28 bits per heavy atom. The monoisotopic (exact) mass is 507 g/mol. The molecule has 202 valence electrons. The number of aliphatic hydroxyl groups is 2. The van der Waals surface area contributed by atoms with Crippen molar-refractivity contribution >= 4 is 11.6 Å². The SMILES string of the molecule is C.CNC(=O)c1cc(F)cc(/C(N)=C/C=C(N)N)c1.OC(O)(C1CCCOC1)N1CC2CCCC2C1. The molecule has 0 radical (unpaired) electrons. The second-order valence-electron chi connectivity index (χ2n) is 9.55. The fourth-order valence-electron chi connectivity index (χ4n) is 5.12. The molecular weight excluding hydrogens is 465 g/mol. The minimum atomic E-state index is -1.65. The molecular formula is C26H42FN5O4. The summed E-state index contributed by atoms with van der Waals surface area (Å²) in [5, 5.41) is 23.2. The van der Waals surface area contributed by atoms with Gasteiger partial charge in [-0.15, -0.1) is 0 Å². The van der Waals surface area contributed by atoms with Crippen molar-refractivity contribution in [3.63, 3.8) is 0 Å². The van der Waals surface area contributed by atoms with Crippen molar-refractivity contribution in [1.29, 1.82) is 0 Å². The maximum absolute atomic E-state index is 13.4. The Balaban J connectivity index is 0.000000247. The first-order valence-corrected chi connectivity index (χ1v) is 12.1. The lowest BCUT2D eigenvalue weighted by Gasteiger charge is -2.40. The van der Waals surface area contributed by atoms with Crippen LogP contribution in [0.3, 0.4) is 0 Å². The fourth-order valence-corrected chi connectivity index (χ4v) is 5.12. The third kappa shape index (κ3) is 7.42. The minimum Gasteiger partial charge on any atom is -0.398 e. The number of rotatable bonds is 5. The number of allylic oxidation sites excluding steroid dienone is 2. The van der Waals surface area contributed by atoms with Gasteiger partial charge in [0.2, 0.25) is 5.91 Å². The molecule has 3 fully saturated rings. The van der Waals surface area contributed by atoms with Gasteiger partial charge in [-0.3, -0.25) is 9.69 Å². The lowest BCUT2D eigenvalue weighted by atomic mass is 9.97. The summed E-state index contributed by atoms with van der Waals surface area (Å²) in [4.78, 5) is 13.3. The summed E-state index contributed by atoms with van der Waals surface area (Å²) in [6, 6.07) is 3.83. The molecule has 1 aliphatic carbocycles. The Morgan fingerprint density at radius 2 is 1.72 bits per heavy atom. The number of fused-ring (bicyclic) bond motifs is 1. The second kappa shape index (κ2) is 13.0. The van der Waals surface area contributed by atoms with Gasteiger partial charge in [0.25, 0.3) is 5.91 Å². The van der Waals surface area contributed by atoms with Crippen molar-refractivity contribution in [3.8, 4) is 0 Å². The number of likely N-dealkylation sites (tertiary alicyclic amines) is 1. The summed E-state index contributed by atoms with van der Waals surface area (Å²) in [6.07, 6.45) is 8.47. The molecule has 3 atom stereocenters. The summed E-state index contributed by atoms with van der Waals surface area (Å²) < 4.78 is 18.7. The Hall–Kier alpha value is -2.66. The van der Waals surface area contributed by atoms with Crippen molar-refractivity contribution in [2.45, 2.75) is 45.4 Å². The van der Waals surface area contributed by atoms with Crippen LogP contribution in [-0.4, -0.2) is 60.3 Å². The quantitative estimate of drug-likeness (QED) is 0.259. The average Bonchev–Trinajstić information content (AvgIpc) is 3.46. The molecule has 1 amide bonds. The molecule has 2 heterocycles. The van der Waals surface area contributed by atoms with E-state index in [1.807, 2.05) is 4.90 Å². The van der Waals surface area contributed by atoms with Gasteiger partial charge in [0, 0.05) is 43.6 Å². The second-order valence-corrected chi connectivity index (χ2v) is 9.55. The summed E-state index contributed by atoms with van der Waals surface area (Å²) in [6.45, 7) is 2.96. The third-order valence-electron chi connectivity index (χ3n) is 7.08. The van der Waals surface area contributed by atoms with Crippen molar-refractivity contribution in [2.24, 2.45) is 35.0 Å². The fraction of sp³-hybridized carbons (Fsp3) is 0.577. The standard InChI is InChI=1S/C13H23NO3.C12H15FN4O.CH4/c15-13(16,12-5-2-6-17-9-12)14-7-10-3-1-4-11(10)8-14;1-17-12(18)8-4-7(5-9(13)6-8)10(14)2-3-11(15)16;/h10-12,15-16H,1-9H2;2-6H,14-16H2,1H3,(H,17,18);1H4/b;10-2-;. The van der Waals surface area contributed by atoms with E-state index in [9.17, 15) is 19.4 Å². The van der Waals surface area contributed by atoms with Crippen LogP contribution in [-0.2, 0) is 4.74 Å². The molecule has 36 heavy (non-hydrogen) atoms. The van der Waals surface area contributed by atoms with Gasteiger partial charge >= 0.3 is 0 Å².